The second-order valence-electron chi connectivity index (χ2n) is 6.91. The molecule has 0 aliphatic heterocycles. The van der Waals surface area contributed by atoms with Crippen molar-refractivity contribution in [3.8, 4) is 0 Å². The van der Waals surface area contributed by atoms with E-state index in [1.165, 1.54) is 40.6 Å². The number of alkyl halides is 3. The number of carbonyl (C=O) groups is 1. The highest BCUT2D eigenvalue weighted by atomic mass is 19.4. The van der Waals surface area contributed by atoms with Crippen LogP contribution in [0.25, 0.3) is 10.8 Å². The smallest absolute Gasteiger partial charge is 0.475 e. The summed E-state index contributed by atoms with van der Waals surface area (Å²) in [4.78, 5) is 13.1. The van der Waals surface area contributed by atoms with Crippen LogP contribution in [0.2, 0.25) is 0 Å². The molecule has 10 heteroatoms. The number of carboxylic acid groups (broad SMARTS) is 1. The number of nitrogens with zero attached hydrogens (tertiary/aromatic N) is 4. The summed E-state index contributed by atoms with van der Waals surface area (Å²) in [7, 11) is 0. The third-order valence-corrected chi connectivity index (χ3v) is 4.82. The molecule has 3 aromatic rings. The third kappa shape index (κ3) is 5.53. The second-order valence-corrected chi connectivity index (χ2v) is 6.91. The first-order valence-electron chi connectivity index (χ1n) is 9.60. The van der Waals surface area contributed by atoms with Gasteiger partial charge in [-0.1, -0.05) is 23.4 Å². The predicted octanol–water partition coefficient (Wildman–Crippen LogP) is 3.13. The van der Waals surface area contributed by atoms with E-state index in [1.54, 1.807) is 0 Å². The third-order valence-electron chi connectivity index (χ3n) is 4.82. The van der Waals surface area contributed by atoms with Crippen molar-refractivity contribution in [3.63, 3.8) is 0 Å². The topological polar surface area (TPSA) is 92.9 Å². The van der Waals surface area contributed by atoms with Crippen LogP contribution in [-0.2, 0) is 30.7 Å². The minimum atomic E-state index is -5.08. The number of hydrogen-bond acceptors (Lipinski definition) is 5. The molecule has 2 N–H and O–H groups in total. The van der Waals surface area contributed by atoms with Gasteiger partial charge in [0.1, 0.15) is 0 Å². The van der Waals surface area contributed by atoms with E-state index in [0.717, 1.165) is 32.5 Å². The number of halogens is 3. The number of fused-ring (bicyclic) bond motifs is 2. The highest BCUT2D eigenvalue weighted by Crippen LogP contribution is 2.19. The van der Waals surface area contributed by atoms with Gasteiger partial charge in [0.2, 0.25) is 0 Å². The Morgan fingerprint density at radius 2 is 1.97 bits per heavy atom. The number of rotatable bonds is 5. The molecule has 7 nitrogen and oxygen atoms in total. The molecule has 0 unspecified atom stereocenters. The lowest BCUT2D eigenvalue weighted by atomic mass is 10.0. The van der Waals surface area contributed by atoms with E-state index in [-0.39, 0.29) is 0 Å². The summed E-state index contributed by atoms with van der Waals surface area (Å²) >= 11 is 0. The van der Waals surface area contributed by atoms with Crippen molar-refractivity contribution in [2.75, 3.05) is 6.54 Å². The van der Waals surface area contributed by atoms with Crippen molar-refractivity contribution < 1.29 is 23.1 Å². The summed E-state index contributed by atoms with van der Waals surface area (Å²) in [6, 6.07) is 8.45. The molecule has 0 radical (unpaired) electrons. The number of aliphatic carboxylic acids is 1. The predicted molar refractivity (Wildman–Crippen MR) is 104 cm³/mol. The van der Waals surface area contributed by atoms with Gasteiger partial charge < -0.3 is 10.4 Å². The van der Waals surface area contributed by atoms with E-state index in [4.69, 9.17) is 9.90 Å². The number of aryl methyl sites for hydroxylation is 1. The van der Waals surface area contributed by atoms with E-state index < -0.39 is 12.1 Å². The molecule has 0 amide bonds. The summed E-state index contributed by atoms with van der Waals surface area (Å²) in [6.45, 7) is 2.64. The monoisotopic (exact) mass is 421 g/mol. The van der Waals surface area contributed by atoms with Gasteiger partial charge in [0, 0.05) is 30.9 Å². The Morgan fingerprint density at radius 3 is 2.73 bits per heavy atom. The lowest BCUT2D eigenvalue weighted by molar-refractivity contribution is -0.192. The van der Waals surface area contributed by atoms with Crippen molar-refractivity contribution in [1.29, 1.82) is 0 Å². The number of pyridine rings is 1. The van der Waals surface area contributed by atoms with Crippen molar-refractivity contribution >= 4 is 16.7 Å². The normalized spacial score (nSPS) is 13.4. The van der Waals surface area contributed by atoms with Gasteiger partial charge in [-0.25, -0.2) is 9.48 Å². The van der Waals surface area contributed by atoms with Crippen LogP contribution in [-0.4, -0.2) is 43.8 Å². The SMILES string of the molecule is O=C(O)C(F)(F)F.c1cc(CNCCn2nnc3c2CCCC3)c2ccncc2c1. The first-order chi connectivity index (χ1) is 14.4. The van der Waals surface area contributed by atoms with Gasteiger partial charge in [-0.15, -0.1) is 5.10 Å². The molecular weight excluding hydrogens is 399 g/mol. The van der Waals surface area contributed by atoms with Gasteiger partial charge in [-0.2, -0.15) is 13.2 Å². The van der Waals surface area contributed by atoms with Crippen molar-refractivity contribution in [3.05, 3.63) is 53.6 Å². The standard InChI is InChI=1S/C18H21N5.C2HF3O2/c1-2-7-18-17(6-1)21-22-23(18)11-10-20-13-15-5-3-4-14-12-19-9-8-16(14)15;3-2(4,5)1(6)7/h3-5,8-9,12,20H,1-2,6-7,10-11,13H2;(H,6,7). The molecule has 1 aliphatic rings. The first kappa shape index (κ1) is 21.7. The molecule has 4 rings (SSSR count). The minimum Gasteiger partial charge on any atom is -0.475 e. The number of aromatic nitrogens is 4. The second kappa shape index (κ2) is 9.66. The quantitative estimate of drug-likeness (QED) is 0.615. The van der Waals surface area contributed by atoms with Gasteiger partial charge in [-0.3, -0.25) is 4.98 Å². The Balaban J connectivity index is 0.000000318. The molecule has 2 heterocycles. The Morgan fingerprint density at radius 1 is 1.20 bits per heavy atom. The fourth-order valence-electron chi connectivity index (χ4n) is 3.35. The maximum atomic E-state index is 10.6. The Bertz CT molecular complexity index is 998. The number of benzene rings is 1. The molecule has 0 atom stereocenters. The van der Waals surface area contributed by atoms with Gasteiger partial charge >= 0.3 is 12.1 Å². The molecule has 0 saturated heterocycles. The average Bonchev–Trinajstić information content (AvgIpc) is 3.14. The number of carboxylic acids is 1. The zero-order chi connectivity index (χ0) is 21.6. The molecule has 2 aromatic heterocycles. The summed E-state index contributed by atoms with van der Waals surface area (Å²) in [5.74, 6) is -2.76. The van der Waals surface area contributed by atoms with Crippen LogP contribution in [0.4, 0.5) is 13.2 Å². The van der Waals surface area contributed by atoms with E-state index in [9.17, 15) is 13.2 Å². The van der Waals surface area contributed by atoms with Crippen molar-refractivity contribution in [2.45, 2.75) is 44.9 Å². The Kier molecular flexibility index (Phi) is 6.99. The maximum Gasteiger partial charge on any atom is 0.490 e. The van der Waals surface area contributed by atoms with Gasteiger partial charge in [0.25, 0.3) is 0 Å². The van der Waals surface area contributed by atoms with Crippen LogP contribution < -0.4 is 5.32 Å². The summed E-state index contributed by atoms with van der Waals surface area (Å²) in [5, 5.41) is 21.7. The summed E-state index contributed by atoms with van der Waals surface area (Å²) in [5.41, 5.74) is 3.86. The molecule has 30 heavy (non-hydrogen) atoms. The van der Waals surface area contributed by atoms with Gasteiger partial charge in [0.05, 0.1) is 17.9 Å². The van der Waals surface area contributed by atoms with Crippen LogP contribution in [0, 0.1) is 0 Å². The molecule has 0 spiro atoms. The zero-order valence-corrected chi connectivity index (χ0v) is 16.2. The zero-order valence-electron chi connectivity index (χ0n) is 16.2. The fourth-order valence-corrected chi connectivity index (χ4v) is 3.35. The molecule has 1 aromatic carbocycles. The van der Waals surface area contributed by atoms with Crippen LogP contribution in [0.3, 0.4) is 0 Å². The molecule has 0 bridgehead atoms. The lowest BCUT2D eigenvalue weighted by Gasteiger charge is -2.12. The van der Waals surface area contributed by atoms with E-state index >= 15 is 0 Å². The molecule has 0 saturated carbocycles. The van der Waals surface area contributed by atoms with Crippen LogP contribution >= 0.6 is 0 Å². The van der Waals surface area contributed by atoms with Crippen molar-refractivity contribution in [1.82, 2.24) is 25.3 Å². The fraction of sp³-hybridized carbons (Fsp3) is 0.400. The summed E-state index contributed by atoms with van der Waals surface area (Å²) in [6.07, 6.45) is 3.41. The average molecular weight is 421 g/mol. The lowest BCUT2D eigenvalue weighted by Crippen LogP contribution is -2.21. The Labute approximate surface area is 170 Å². The molecule has 160 valence electrons. The van der Waals surface area contributed by atoms with E-state index in [1.807, 2.05) is 12.4 Å². The van der Waals surface area contributed by atoms with Crippen LogP contribution in [0.1, 0.15) is 29.8 Å². The minimum absolute atomic E-state index is 0.859. The molecule has 0 fully saturated rings. The van der Waals surface area contributed by atoms with Gasteiger partial charge in [0.15, 0.2) is 0 Å². The van der Waals surface area contributed by atoms with Crippen LogP contribution in [0.15, 0.2) is 36.7 Å². The number of nitrogens with one attached hydrogen (secondary N) is 1. The van der Waals surface area contributed by atoms with Gasteiger partial charge in [-0.05, 0) is 42.7 Å². The molecule has 1 aliphatic carbocycles. The maximum absolute atomic E-state index is 10.6. The number of hydrogen-bond donors (Lipinski definition) is 2. The Hall–Kier alpha value is -3.01. The first-order valence-corrected chi connectivity index (χ1v) is 9.60. The highest BCUT2D eigenvalue weighted by Gasteiger charge is 2.38. The van der Waals surface area contributed by atoms with E-state index in [0.29, 0.717) is 0 Å². The highest BCUT2D eigenvalue weighted by molar-refractivity contribution is 5.84. The largest absolute Gasteiger partial charge is 0.490 e. The van der Waals surface area contributed by atoms with Crippen molar-refractivity contribution in [2.24, 2.45) is 0 Å². The van der Waals surface area contributed by atoms with E-state index in [2.05, 4.69) is 49.6 Å². The molecular formula is C20H22F3N5O2. The van der Waals surface area contributed by atoms with Crippen LogP contribution in [0.5, 0.6) is 0 Å². The summed E-state index contributed by atoms with van der Waals surface area (Å²) < 4.78 is 33.8.